The zero-order chi connectivity index (χ0) is 23.6. The largest absolute Gasteiger partial charge is 0.606 e. The maximum Gasteiger partial charge on any atom is 0.416 e. The molecule has 0 fully saturated rings. The van der Waals surface area contributed by atoms with E-state index in [9.17, 15) is 27.3 Å². The molecule has 2 aromatic carbocycles. The van der Waals surface area contributed by atoms with Crippen LogP contribution in [0.5, 0.6) is 0 Å². The molecule has 1 aromatic heterocycles. The van der Waals surface area contributed by atoms with Crippen LogP contribution >= 0.6 is 0 Å². The Morgan fingerprint density at radius 2 is 1.81 bits per heavy atom. The Morgan fingerprint density at radius 1 is 1.16 bits per heavy atom. The number of aromatic nitrogens is 1. The highest BCUT2D eigenvalue weighted by molar-refractivity contribution is 7.91. The van der Waals surface area contributed by atoms with Crippen LogP contribution in [0.15, 0.2) is 69.2 Å². The zero-order valence-electron chi connectivity index (χ0n) is 16.9. The van der Waals surface area contributed by atoms with Gasteiger partial charge in [-0.05, 0) is 49.4 Å². The summed E-state index contributed by atoms with van der Waals surface area (Å²) in [6.45, 7) is 1.44. The SMILES string of the molecule is CNC(=O)c1cc([S+]([O-])c2ccc(C#N)cc2)c(C)n(-c2cccc(C(F)(F)F)c2)c1=O. The topological polar surface area (TPSA) is 97.9 Å². The van der Waals surface area contributed by atoms with E-state index in [-0.39, 0.29) is 21.8 Å². The normalized spacial score (nSPS) is 12.2. The van der Waals surface area contributed by atoms with Crippen molar-refractivity contribution in [1.82, 2.24) is 9.88 Å². The molecule has 10 heteroatoms. The number of nitriles is 1. The summed E-state index contributed by atoms with van der Waals surface area (Å²) in [6.07, 6.45) is -4.64. The Kier molecular flexibility index (Phi) is 6.43. The Labute approximate surface area is 184 Å². The van der Waals surface area contributed by atoms with Crippen LogP contribution in [0, 0.1) is 18.3 Å². The average molecular weight is 459 g/mol. The first kappa shape index (κ1) is 23.1. The van der Waals surface area contributed by atoms with E-state index in [4.69, 9.17) is 5.26 Å². The molecule has 0 saturated carbocycles. The lowest BCUT2D eigenvalue weighted by Crippen LogP contribution is -2.33. The maximum absolute atomic E-state index is 13.3. The van der Waals surface area contributed by atoms with Gasteiger partial charge >= 0.3 is 6.18 Å². The molecule has 1 unspecified atom stereocenters. The van der Waals surface area contributed by atoms with Gasteiger partial charge in [-0.15, -0.1) is 0 Å². The van der Waals surface area contributed by atoms with Gasteiger partial charge in [-0.2, -0.15) is 18.4 Å². The molecule has 0 spiro atoms. The molecule has 1 N–H and O–H groups in total. The van der Waals surface area contributed by atoms with Gasteiger partial charge < -0.3 is 9.87 Å². The monoisotopic (exact) mass is 459 g/mol. The van der Waals surface area contributed by atoms with Crippen LogP contribution in [0.25, 0.3) is 5.69 Å². The summed E-state index contributed by atoms with van der Waals surface area (Å²) in [6, 6.07) is 13.1. The quantitative estimate of drug-likeness (QED) is 0.603. The van der Waals surface area contributed by atoms with Gasteiger partial charge in [0.15, 0.2) is 9.79 Å². The molecule has 0 radical (unpaired) electrons. The Hall–Kier alpha value is -3.55. The van der Waals surface area contributed by atoms with E-state index < -0.39 is 34.4 Å². The predicted molar refractivity (Wildman–Crippen MR) is 111 cm³/mol. The van der Waals surface area contributed by atoms with Crippen molar-refractivity contribution in [3.05, 3.63) is 87.3 Å². The third kappa shape index (κ3) is 4.39. The molecule has 1 atom stereocenters. The molecular formula is C22H16F3N3O3S. The van der Waals surface area contributed by atoms with Crippen molar-refractivity contribution in [2.75, 3.05) is 7.05 Å². The number of carbonyl (C=O) groups excluding carboxylic acids is 1. The van der Waals surface area contributed by atoms with E-state index in [2.05, 4.69) is 5.32 Å². The number of nitrogens with zero attached hydrogens (tertiary/aromatic N) is 2. The number of halogens is 3. The zero-order valence-corrected chi connectivity index (χ0v) is 17.7. The van der Waals surface area contributed by atoms with Gasteiger partial charge in [0.05, 0.1) is 22.9 Å². The lowest BCUT2D eigenvalue weighted by molar-refractivity contribution is -0.137. The molecule has 0 aliphatic rings. The standard InChI is InChI=1S/C22H16F3N3O3S/c1-13-19(32(31)17-8-6-14(12-26)7-9-17)11-18(20(29)27-2)21(30)28(13)16-5-3-4-15(10-16)22(23,24)25/h3-11H,1-2H3,(H,27,29). The van der Waals surface area contributed by atoms with Gasteiger partial charge in [-0.25, -0.2) is 0 Å². The summed E-state index contributed by atoms with van der Waals surface area (Å²) < 4.78 is 53.8. The molecule has 0 saturated heterocycles. The minimum absolute atomic E-state index is 0.0744. The molecule has 164 valence electrons. The average Bonchev–Trinajstić information content (AvgIpc) is 2.78. The van der Waals surface area contributed by atoms with Crippen molar-refractivity contribution < 1.29 is 22.5 Å². The fourth-order valence-corrected chi connectivity index (χ4v) is 4.30. The molecule has 0 bridgehead atoms. The molecule has 1 amide bonds. The highest BCUT2D eigenvalue weighted by Gasteiger charge is 2.31. The van der Waals surface area contributed by atoms with Gasteiger partial charge in [-0.1, -0.05) is 6.07 Å². The molecule has 0 aliphatic carbocycles. The van der Waals surface area contributed by atoms with E-state index in [0.29, 0.717) is 10.5 Å². The van der Waals surface area contributed by atoms with Crippen LogP contribution in [0.4, 0.5) is 13.2 Å². The summed E-state index contributed by atoms with van der Waals surface area (Å²) in [5, 5.41) is 11.2. The third-order valence-electron chi connectivity index (χ3n) is 4.70. The molecule has 32 heavy (non-hydrogen) atoms. The van der Waals surface area contributed by atoms with Crippen molar-refractivity contribution in [2.45, 2.75) is 22.9 Å². The van der Waals surface area contributed by atoms with Crippen LogP contribution < -0.4 is 10.9 Å². The molecule has 3 aromatic rings. The Balaban J connectivity index is 2.27. The highest BCUT2D eigenvalue weighted by Crippen LogP contribution is 2.31. The van der Waals surface area contributed by atoms with Gasteiger partial charge in [0, 0.05) is 30.0 Å². The number of pyridine rings is 1. The number of hydrogen-bond acceptors (Lipinski definition) is 4. The van der Waals surface area contributed by atoms with Gasteiger partial charge in [0.1, 0.15) is 5.56 Å². The van der Waals surface area contributed by atoms with E-state index in [1.165, 1.54) is 50.4 Å². The van der Waals surface area contributed by atoms with Crippen molar-refractivity contribution in [1.29, 1.82) is 5.26 Å². The lowest BCUT2D eigenvalue weighted by Gasteiger charge is -2.18. The number of benzene rings is 2. The number of hydrogen-bond donors (Lipinski definition) is 1. The van der Waals surface area contributed by atoms with E-state index >= 15 is 0 Å². The maximum atomic E-state index is 13.3. The van der Waals surface area contributed by atoms with Crippen LogP contribution in [-0.2, 0) is 17.4 Å². The predicted octanol–water partition coefficient (Wildman–Crippen LogP) is 3.56. The second-order valence-electron chi connectivity index (χ2n) is 6.68. The van der Waals surface area contributed by atoms with Crippen LogP contribution in [0.1, 0.15) is 27.2 Å². The Morgan fingerprint density at radius 3 is 2.38 bits per heavy atom. The third-order valence-corrected chi connectivity index (χ3v) is 6.21. The second kappa shape index (κ2) is 8.90. The number of carbonyl (C=O) groups is 1. The number of amides is 1. The number of alkyl halides is 3. The van der Waals surface area contributed by atoms with Crippen molar-refractivity contribution in [3.63, 3.8) is 0 Å². The highest BCUT2D eigenvalue weighted by atomic mass is 32.2. The van der Waals surface area contributed by atoms with Gasteiger partial charge in [-0.3, -0.25) is 14.2 Å². The van der Waals surface area contributed by atoms with Gasteiger partial charge in [0.2, 0.25) is 0 Å². The molecular weight excluding hydrogens is 443 g/mol. The van der Waals surface area contributed by atoms with E-state index in [0.717, 1.165) is 22.8 Å². The molecule has 1 heterocycles. The number of nitrogens with one attached hydrogen (secondary N) is 1. The van der Waals surface area contributed by atoms with Crippen LogP contribution in [-0.4, -0.2) is 22.1 Å². The first-order valence-corrected chi connectivity index (χ1v) is 10.3. The Bertz CT molecular complexity index is 1280. The number of rotatable bonds is 4. The molecule has 3 rings (SSSR count). The van der Waals surface area contributed by atoms with Crippen LogP contribution in [0.3, 0.4) is 0 Å². The summed E-state index contributed by atoms with van der Waals surface area (Å²) >= 11 is -1.88. The van der Waals surface area contributed by atoms with E-state index in [1.54, 1.807) is 0 Å². The molecule has 0 aliphatic heterocycles. The summed E-state index contributed by atoms with van der Waals surface area (Å²) in [5.41, 5.74) is -1.84. The first-order chi connectivity index (χ1) is 15.1. The summed E-state index contributed by atoms with van der Waals surface area (Å²) in [5.74, 6) is -0.770. The molecule has 6 nitrogen and oxygen atoms in total. The minimum atomic E-state index is -4.64. The van der Waals surface area contributed by atoms with Crippen molar-refractivity contribution in [2.24, 2.45) is 0 Å². The van der Waals surface area contributed by atoms with Crippen molar-refractivity contribution in [3.8, 4) is 11.8 Å². The van der Waals surface area contributed by atoms with E-state index in [1.807, 2.05) is 6.07 Å². The van der Waals surface area contributed by atoms with Gasteiger partial charge in [0.25, 0.3) is 11.5 Å². The second-order valence-corrected chi connectivity index (χ2v) is 8.13. The minimum Gasteiger partial charge on any atom is -0.606 e. The fourth-order valence-electron chi connectivity index (χ4n) is 3.08. The smallest absolute Gasteiger partial charge is 0.416 e. The summed E-state index contributed by atoms with van der Waals surface area (Å²) in [7, 11) is 1.30. The lowest BCUT2D eigenvalue weighted by atomic mass is 10.1. The van der Waals surface area contributed by atoms with Crippen molar-refractivity contribution >= 4 is 17.1 Å². The first-order valence-electron chi connectivity index (χ1n) is 9.16. The fraction of sp³-hybridized carbons (Fsp3) is 0.136. The van der Waals surface area contributed by atoms with Crippen LogP contribution in [0.2, 0.25) is 0 Å². The summed E-state index contributed by atoms with van der Waals surface area (Å²) in [4.78, 5) is 25.7.